The fourth-order valence-corrected chi connectivity index (χ4v) is 7.45. The van der Waals surface area contributed by atoms with Crippen LogP contribution in [0.4, 0.5) is 4.79 Å². The van der Waals surface area contributed by atoms with Crippen LogP contribution in [0.1, 0.15) is 32.8 Å². The summed E-state index contributed by atoms with van der Waals surface area (Å²) in [6.45, 7) is 5.81. The first-order valence-corrected chi connectivity index (χ1v) is 13.0. The van der Waals surface area contributed by atoms with E-state index >= 15 is 0 Å². The Labute approximate surface area is 191 Å². The molecule has 2 aliphatic heterocycles. The van der Waals surface area contributed by atoms with Gasteiger partial charge in [-0.15, -0.1) is 0 Å². The smallest absolute Gasteiger partial charge is 0.407 e. The highest BCUT2D eigenvalue weighted by Gasteiger charge is 2.48. The maximum atomic E-state index is 12.4. The number of nitrogens with one attached hydrogen (secondary N) is 1. The molecule has 2 saturated heterocycles. The molecule has 11 heteroatoms. The summed E-state index contributed by atoms with van der Waals surface area (Å²) in [7, 11) is -3.11. The molecule has 31 heavy (non-hydrogen) atoms. The van der Waals surface area contributed by atoms with Crippen LogP contribution in [0.3, 0.4) is 0 Å². The predicted molar refractivity (Wildman–Crippen MR) is 122 cm³/mol. The van der Waals surface area contributed by atoms with E-state index in [0.29, 0.717) is 16.7 Å². The molecule has 1 aromatic rings. The minimum atomic E-state index is -3.11. The average Bonchev–Trinajstić information content (AvgIpc) is 3.07. The van der Waals surface area contributed by atoms with Gasteiger partial charge in [0, 0.05) is 29.8 Å². The Kier molecular flexibility index (Phi) is 7.22. The lowest BCUT2D eigenvalue weighted by atomic mass is 10.1. The first-order chi connectivity index (χ1) is 14.4. The lowest BCUT2D eigenvalue weighted by Gasteiger charge is -2.24. The third kappa shape index (κ3) is 6.85. The van der Waals surface area contributed by atoms with Crippen LogP contribution in [0.25, 0.3) is 0 Å². The van der Waals surface area contributed by atoms with Gasteiger partial charge in [0.15, 0.2) is 15.0 Å². The summed E-state index contributed by atoms with van der Waals surface area (Å²) < 4.78 is 29.3. The molecule has 0 spiro atoms. The van der Waals surface area contributed by atoms with Crippen LogP contribution in [-0.4, -0.2) is 65.4 Å². The normalized spacial score (nSPS) is 23.6. The van der Waals surface area contributed by atoms with Gasteiger partial charge in [-0.05, 0) is 38.5 Å². The van der Waals surface area contributed by atoms with E-state index in [1.165, 1.54) is 11.8 Å². The maximum Gasteiger partial charge on any atom is 0.407 e. The first-order valence-electron chi connectivity index (χ1n) is 9.88. The Morgan fingerprint density at radius 3 is 2.58 bits per heavy atom. The number of benzene rings is 1. The van der Waals surface area contributed by atoms with E-state index in [4.69, 9.17) is 16.3 Å². The number of thioether (sulfide) groups is 1. The van der Waals surface area contributed by atoms with Crippen LogP contribution in [0, 0.1) is 0 Å². The molecule has 0 radical (unpaired) electrons. The van der Waals surface area contributed by atoms with E-state index < -0.39 is 21.5 Å². The number of hydrogen-bond donors (Lipinski definition) is 1. The van der Waals surface area contributed by atoms with E-state index in [9.17, 15) is 18.0 Å². The number of rotatable bonds is 5. The van der Waals surface area contributed by atoms with Crippen molar-refractivity contribution < 1.29 is 22.7 Å². The van der Waals surface area contributed by atoms with Gasteiger partial charge in [-0.2, -0.15) is 4.99 Å². The summed E-state index contributed by atoms with van der Waals surface area (Å²) in [5.41, 5.74) is 0.330. The van der Waals surface area contributed by atoms with E-state index in [-0.39, 0.29) is 41.7 Å². The van der Waals surface area contributed by atoms with Gasteiger partial charge in [0.25, 0.3) is 0 Å². The van der Waals surface area contributed by atoms with Crippen LogP contribution in [0.15, 0.2) is 29.3 Å². The average molecular weight is 488 g/mol. The van der Waals surface area contributed by atoms with Crippen molar-refractivity contribution in [1.29, 1.82) is 0 Å². The fraction of sp³-hybridized carbons (Fsp3) is 0.550. The van der Waals surface area contributed by atoms with E-state index in [1.807, 2.05) is 17.0 Å². The largest absolute Gasteiger partial charge is 0.444 e. The highest BCUT2D eigenvalue weighted by Crippen LogP contribution is 2.39. The Balaban J connectivity index is 1.66. The van der Waals surface area contributed by atoms with E-state index in [2.05, 4.69) is 10.3 Å². The van der Waals surface area contributed by atoms with Gasteiger partial charge in [-0.1, -0.05) is 35.5 Å². The van der Waals surface area contributed by atoms with Gasteiger partial charge < -0.3 is 15.0 Å². The van der Waals surface area contributed by atoms with Crippen molar-refractivity contribution >= 4 is 50.4 Å². The molecule has 0 saturated carbocycles. The summed E-state index contributed by atoms with van der Waals surface area (Å²) in [5, 5.41) is 3.52. The topological polar surface area (TPSA) is 105 Å². The lowest BCUT2D eigenvalue weighted by Crippen LogP contribution is -2.37. The Morgan fingerprint density at radius 2 is 1.94 bits per heavy atom. The molecule has 0 aromatic heterocycles. The van der Waals surface area contributed by atoms with Crippen molar-refractivity contribution in [2.24, 2.45) is 4.99 Å². The molecule has 0 bridgehead atoms. The standard InChI is InChI=1S/C20H26ClN3O5S2/c1-20(2,3)29-19(26)22-9-8-17(25)23-18-24(10-13-4-6-14(21)7-5-13)15-11-31(27,28)12-16(15)30-18/h4-7,15-16H,8-12H2,1-3H3,(H,22,26)/t15-,16+/m1/s1. The van der Waals surface area contributed by atoms with Crippen molar-refractivity contribution in [3.63, 3.8) is 0 Å². The van der Waals surface area contributed by atoms with Crippen LogP contribution in [-0.2, 0) is 25.9 Å². The van der Waals surface area contributed by atoms with E-state index in [0.717, 1.165) is 5.56 Å². The molecule has 0 aliphatic carbocycles. The van der Waals surface area contributed by atoms with Gasteiger partial charge in [0.1, 0.15) is 5.60 Å². The molecule has 2 atom stereocenters. The molecule has 3 rings (SSSR count). The number of nitrogens with zero attached hydrogens (tertiary/aromatic N) is 2. The van der Waals surface area contributed by atoms with Gasteiger partial charge in [-0.3, -0.25) is 4.79 Å². The molecule has 1 N–H and O–H groups in total. The molecule has 2 fully saturated rings. The third-order valence-electron chi connectivity index (χ3n) is 4.67. The van der Waals surface area contributed by atoms with Crippen molar-refractivity contribution in [2.75, 3.05) is 18.1 Å². The quantitative estimate of drug-likeness (QED) is 0.680. The predicted octanol–water partition coefficient (Wildman–Crippen LogP) is 2.85. The number of ether oxygens (including phenoxy) is 1. The summed E-state index contributed by atoms with van der Waals surface area (Å²) in [6.07, 6.45) is -0.571. The lowest BCUT2D eigenvalue weighted by molar-refractivity contribution is -0.117. The van der Waals surface area contributed by atoms with Crippen LogP contribution in [0.2, 0.25) is 5.02 Å². The Bertz CT molecular complexity index is 974. The molecule has 2 aliphatic rings. The second-order valence-corrected chi connectivity index (χ2v) is 12.3. The van der Waals surface area contributed by atoms with Crippen molar-refractivity contribution in [2.45, 2.75) is 50.6 Å². The van der Waals surface area contributed by atoms with Gasteiger partial charge >= 0.3 is 6.09 Å². The number of amidine groups is 1. The molecule has 2 amide bonds. The number of fused-ring (bicyclic) bond motifs is 1. The minimum absolute atomic E-state index is 0.0196. The van der Waals surface area contributed by atoms with E-state index in [1.54, 1.807) is 32.9 Å². The number of sulfone groups is 1. The van der Waals surface area contributed by atoms with Gasteiger partial charge in [0.2, 0.25) is 5.91 Å². The molecule has 170 valence electrons. The highest BCUT2D eigenvalue weighted by molar-refractivity contribution is 8.15. The number of aliphatic imine (C=N–C) groups is 1. The third-order valence-corrected chi connectivity index (χ3v) is 8.17. The molecular formula is C20H26ClN3O5S2. The highest BCUT2D eigenvalue weighted by atomic mass is 35.5. The monoisotopic (exact) mass is 487 g/mol. The molecule has 1 aromatic carbocycles. The zero-order valence-electron chi connectivity index (χ0n) is 17.6. The molecular weight excluding hydrogens is 462 g/mol. The molecule has 0 unspecified atom stereocenters. The number of alkyl carbamates (subject to hydrolysis) is 1. The first kappa shape index (κ1) is 23.9. The van der Waals surface area contributed by atoms with Gasteiger partial charge in [-0.25, -0.2) is 13.2 Å². The molecule has 2 heterocycles. The summed E-state index contributed by atoms with van der Waals surface area (Å²) >= 11 is 7.28. The summed E-state index contributed by atoms with van der Waals surface area (Å²) in [4.78, 5) is 30.2. The zero-order valence-corrected chi connectivity index (χ0v) is 20.0. The second kappa shape index (κ2) is 9.38. The fourth-order valence-electron chi connectivity index (χ4n) is 3.36. The van der Waals surface area contributed by atoms with Crippen molar-refractivity contribution in [3.05, 3.63) is 34.9 Å². The Morgan fingerprint density at radius 1 is 1.26 bits per heavy atom. The number of amides is 2. The minimum Gasteiger partial charge on any atom is -0.444 e. The summed E-state index contributed by atoms with van der Waals surface area (Å²) in [5.74, 6) is -0.263. The zero-order chi connectivity index (χ0) is 22.8. The number of hydrogen-bond acceptors (Lipinski definition) is 6. The number of halogens is 1. The van der Waals surface area contributed by atoms with Gasteiger partial charge in [0.05, 0.1) is 17.5 Å². The maximum absolute atomic E-state index is 12.4. The SMILES string of the molecule is CC(C)(C)OC(=O)NCCC(=O)N=C1S[C@H]2CS(=O)(=O)C[C@H]2N1Cc1ccc(Cl)cc1. The number of carbonyl (C=O) groups excluding carboxylic acids is 2. The summed E-state index contributed by atoms with van der Waals surface area (Å²) in [6, 6.07) is 7.06. The second-order valence-electron chi connectivity index (χ2n) is 8.52. The van der Waals surface area contributed by atoms with Crippen LogP contribution in [0.5, 0.6) is 0 Å². The van der Waals surface area contributed by atoms with Crippen LogP contribution < -0.4 is 5.32 Å². The molecule has 8 nitrogen and oxygen atoms in total. The van der Waals surface area contributed by atoms with Crippen LogP contribution >= 0.6 is 23.4 Å². The Hall–Kier alpha value is -1.78. The van der Waals surface area contributed by atoms with Crippen molar-refractivity contribution in [1.82, 2.24) is 10.2 Å². The van der Waals surface area contributed by atoms with Crippen molar-refractivity contribution in [3.8, 4) is 0 Å². The number of carbonyl (C=O) groups is 2.